The van der Waals surface area contributed by atoms with Crippen molar-refractivity contribution in [2.24, 2.45) is 0 Å². The monoisotopic (exact) mass is 303 g/mol. The molecule has 0 aliphatic rings. The summed E-state index contributed by atoms with van der Waals surface area (Å²) in [5.74, 6) is 0. The first kappa shape index (κ1) is 11.4. The number of fused-ring (bicyclic) bond motifs is 1. The molecular weight excluding hydrogens is 294 g/mol. The molecule has 4 nitrogen and oxygen atoms in total. The fraction of sp³-hybridized carbons (Fsp3) is 0.0769. The lowest BCUT2D eigenvalue weighted by Crippen LogP contribution is -2.01. The van der Waals surface area contributed by atoms with Crippen molar-refractivity contribution < 1.29 is 5.11 Å². The summed E-state index contributed by atoms with van der Waals surface area (Å²) in [7, 11) is 0. The molecule has 2 aromatic carbocycles. The van der Waals surface area contributed by atoms with E-state index in [0.29, 0.717) is 0 Å². The maximum atomic E-state index is 9.43. The molecule has 90 valence electrons. The first-order valence-corrected chi connectivity index (χ1v) is 6.29. The zero-order chi connectivity index (χ0) is 12.5. The molecule has 0 bridgehead atoms. The molecule has 0 fully saturated rings. The van der Waals surface area contributed by atoms with Crippen molar-refractivity contribution >= 4 is 27.0 Å². The lowest BCUT2D eigenvalue weighted by atomic mass is 10.2. The van der Waals surface area contributed by atoms with Gasteiger partial charge in [-0.3, -0.25) is 0 Å². The van der Waals surface area contributed by atoms with E-state index in [1.165, 1.54) is 0 Å². The second kappa shape index (κ2) is 4.51. The van der Waals surface area contributed by atoms with Gasteiger partial charge < -0.3 is 5.11 Å². The van der Waals surface area contributed by atoms with Gasteiger partial charge in [-0.25, -0.2) is 4.68 Å². The van der Waals surface area contributed by atoms with E-state index >= 15 is 0 Å². The molecular formula is C13H10BrN3O. The third-order valence-corrected chi connectivity index (χ3v) is 3.29. The van der Waals surface area contributed by atoms with Crippen molar-refractivity contribution in [3.63, 3.8) is 0 Å². The normalized spacial score (nSPS) is 11.0. The van der Waals surface area contributed by atoms with Crippen LogP contribution in [0.25, 0.3) is 16.7 Å². The van der Waals surface area contributed by atoms with Gasteiger partial charge in [-0.15, -0.1) is 5.10 Å². The predicted molar refractivity (Wildman–Crippen MR) is 72.5 cm³/mol. The van der Waals surface area contributed by atoms with Crippen LogP contribution in [0.5, 0.6) is 0 Å². The van der Waals surface area contributed by atoms with Crippen molar-refractivity contribution in [2.45, 2.75) is 6.61 Å². The fourth-order valence-corrected chi connectivity index (χ4v) is 2.34. The average Bonchev–Trinajstić information content (AvgIpc) is 2.82. The van der Waals surface area contributed by atoms with Crippen LogP contribution >= 0.6 is 15.9 Å². The van der Waals surface area contributed by atoms with Gasteiger partial charge in [0, 0.05) is 10.0 Å². The maximum absolute atomic E-state index is 9.43. The lowest BCUT2D eigenvalue weighted by Gasteiger charge is -2.08. The Morgan fingerprint density at radius 1 is 1.17 bits per heavy atom. The topological polar surface area (TPSA) is 50.9 Å². The van der Waals surface area contributed by atoms with Crippen molar-refractivity contribution in [2.75, 3.05) is 0 Å². The quantitative estimate of drug-likeness (QED) is 0.792. The van der Waals surface area contributed by atoms with Gasteiger partial charge in [0.15, 0.2) is 0 Å². The van der Waals surface area contributed by atoms with E-state index in [1.807, 2.05) is 42.5 Å². The van der Waals surface area contributed by atoms with Gasteiger partial charge >= 0.3 is 0 Å². The number of benzene rings is 2. The zero-order valence-corrected chi connectivity index (χ0v) is 11.0. The number of hydrogen-bond acceptors (Lipinski definition) is 3. The number of aliphatic hydroxyl groups is 1. The van der Waals surface area contributed by atoms with Crippen LogP contribution in [0.2, 0.25) is 0 Å². The van der Waals surface area contributed by atoms with Crippen LogP contribution in [0.15, 0.2) is 46.9 Å². The molecule has 3 aromatic rings. The molecule has 1 N–H and O–H groups in total. The van der Waals surface area contributed by atoms with Gasteiger partial charge in [0.1, 0.15) is 5.52 Å². The second-order valence-electron chi connectivity index (χ2n) is 3.92. The number of rotatable bonds is 2. The molecule has 0 radical (unpaired) electrons. The summed E-state index contributed by atoms with van der Waals surface area (Å²) in [6, 6.07) is 13.5. The van der Waals surface area contributed by atoms with Gasteiger partial charge in [0.05, 0.1) is 17.8 Å². The van der Waals surface area contributed by atoms with Crippen LogP contribution in [0.1, 0.15) is 5.56 Å². The standard InChI is InChI=1S/C13H10BrN3O/c14-10-5-6-12(9(7-10)8-18)17-13-4-2-1-3-11(13)15-16-17/h1-7,18H,8H2. The molecule has 0 amide bonds. The van der Waals surface area contributed by atoms with Crippen LogP contribution in [0, 0.1) is 0 Å². The van der Waals surface area contributed by atoms with Crippen molar-refractivity contribution in [3.8, 4) is 5.69 Å². The first-order valence-electron chi connectivity index (χ1n) is 5.49. The molecule has 0 spiro atoms. The molecule has 0 aliphatic carbocycles. The highest BCUT2D eigenvalue weighted by Gasteiger charge is 2.09. The SMILES string of the molecule is OCc1cc(Br)ccc1-n1nnc2ccccc21. The van der Waals surface area contributed by atoms with E-state index in [0.717, 1.165) is 26.8 Å². The number of hydrogen-bond donors (Lipinski definition) is 1. The highest BCUT2D eigenvalue weighted by Crippen LogP contribution is 2.22. The summed E-state index contributed by atoms with van der Waals surface area (Å²) in [6.07, 6.45) is 0. The summed E-state index contributed by atoms with van der Waals surface area (Å²) >= 11 is 3.39. The van der Waals surface area contributed by atoms with E-state index in [-0.39, 0.29) is 6.61 Å². The van der Waals surface area contributed by atoms with Crippen molar-refractivity contribution in [1.82, 2.24) is 15.0 Å². The molecule has 0 unspecified atom stereocenters. The van der Waals surface area contributed by atoms with Gasteiger partial charge in [-0.2, -0.15) is 0 Å². The number of aliphatic hydroxyl groups excluding tert-OH is 1. The Morgan fingerprint density at radius 2 is 2.00 bits per heavy atom. The van der Waals surface area contributed by atoms with Crippen LogP contribution in [-0.2, 0) is 6.61 Å². The largest absolute Gasteiger partial charge is 0.392 e. The summed E-state index contributed by atoms with van der Waals surface area (Å²) in [4.78, 5) is 0. The van der Waals surface area contributed by atoms with E-state index < -0.39 is 0 Å². The first-order chi connectivity index (χ1) is 8.79. The van der Waals surface area contributed by atoms with E-state index in [4.69, 9.17) is 0 Å². The molecule has 3 rings (SSSR count). The molecule has 18 heavy (non-hydrogen) atoms. The Labute approximate surface area is 112 Å². The van der Waals surface area contributed by atoms with E-state index in [1.54, 1.807) is 4.68 Å². The zero-order valence-electron chi connectivity index (χ0n) is 9.42. The second-order valence-corrected chi connectivity index (χ2v) is 4.84. The van der Waals surface area contributed by atoms with Crippen molar-refractivity contribution in [1.29, 1.82) is 0 Å². The molecule has 0 saturated heterocycles. The maximum Gasteiger partial charge on any atom is 0.113 e. The molecule has 1 aromatic heterocycles. The molecule has 0 saturated carbocycles. The molecule has 1 heterocycles. The minimum atomic E-state index is -0.0387. The number of aromatic nitrogens is 3. The summed E-state index contributed by atoms with van der Waals surface area (Å²) < 4.78 is 2.67. The van der Waals surface area contributed by atoms with Gasteiger partial charge in [-0.05, 0) is 30.3 Å². The minimum absolute atomic E-state index is 0.0387. The Bertz CT molecular complexity index is 708. The summed E-state index contributed by atoms with van der Waals surface area (Å²) in [6.45, 7) is -0.0387. The Hall–Kier alpha value is -1.72. The minimum Gasteiger partial charge on any atom is -0.392 e. The summed E-state index contributed by atoms with van der Waals surface area (Å²) in [5.41, 5.74) is 3.41. The van der Waals surface area contributed by atoms with E-state index in [9.17, 15) is 5.11 Å². The average molecular weight is 304 g/mol. The fourth-order valence-electron chi connectivity index (χ4n) is 1.93. The Balaban J connectivity index is 2.26. The molecule has 0 atom stereocenters. The molecule has 0 aliphatic heterocycles. The Morgan fingerprint density at radius 3 is 2.83 bits per heavy atom. The number of halogens is 1. The predicted octanol–water partition coefficient (Wildman–Crippen LogP) is 2.68. The van der Waals surface area contributed by atoms with Gasteiger partial charge in [0.2, 0.25) is 0 Å². The highest BCUT2D eigenvalue weighted by atomic mass is 79.9. The highest BCUT2D eigenvalue weighted by molar-refractivity contribution is 9.10. The van der Waals surface area contributed by atoms with Crippen LogP contribution in [0.3, 0.4) is 0 Å². The third kappa shape index (κ3) is 1.81. The number of para-hydroxylation sites is 1. The van der Waals surface area contributed by atoms with Gasteiger partial charge in [0.25, 0.3) is 0 Å². The molecule has 5 heteroatoms. The lowest BCUT2D eigenvalue weighted by molar-refractivity contribution is 0.281. The number of nitrogens with zero attached hydrogens (tertiary/aromatic N) is 3. The Kier molecular flexibility index (Phi) is 2.85. The van der Waals surface area contributed by atoms with Crippen LogP contribution < -0.4 is 0 Å². The third-order valence-electron chi connectivity index (χ3n) is 2.79. The summed E-state index contributed by atoms with van der Waals surface area (Å²) in [5, 5.41) is 17.7. The van der Waals surface area contributed by atoms with Crippen LogP contribution in [-0.4, -0.2) is 20.1 Å². The van der Waals surface area contributed by atoms with Gasteiger partial charge in [-0.1, -0.05) is 33.3 Å². The van der Waals surface area contributed by atoms with Crippen molar-refractivity contribution in [3.05, 3.63) is 52.5 Å². The van der Waals surface area contributed by atoms with Crippen LogP contribution in [0.4, 0.5) is 0 Å². The van der Waals surface area contributed by atoms with E-state index in [2.05, 4.69) is 26.2 Å². The smallest absolute Gasteiger partial charge is 0.113 e.